The number of nitrogens with one attached hydrogen (secondary N) is 1. The summed E-state index contributed by atoms with van der Waals surface area (Å²) in [6.45, 7) is 1.69. The molecule has 1 atom stereocenters. The van der Waals surface area contributed by atoms with Crippen LogP contribution in [0.2, 0.25) is 0 Å². The van der Waals surface area contributed by atoms with Gasteiger partial charge in [0, 0.05) is 30.0 Å². The van der Waals surface area contributed by atoms with Crippen LogP contribution in [0.3, 0.4) is 0 Å². The van der Waals surface area contributed by atoms with Gasteiger partial charge in [0.2, 0.25) is 5.91 Å². The molecular weight excluding hydrogens is 350 g/mol. The molecule has 1 spiro atoms. The molecule has 142 valence electrons. The van der Waals surface area contributed by atoms with Gasteiger partial charge in [-0.05, 0) is 54.9 Å². The van der Waals surface area contributed by atoms with E-state index in [1.54, 1.807) is 0 Å². The quantitative estimate of drug-likeness (QED) is 0.724. The number of hydrogen-bond acceptors (Lipinski definition) is 4. The Labute approximate surface area is 163 Å². The van der Waals surface area contributed by atoms with E-state index in [2.05, 4.69) is 34.6 Å². The summed E-state index contributed by atoms with van der Waals surface area (Å²) in [5.74, 6) is 0.300. The van der Waals surface area contributed by atoms with E-state index in [4.69, 9.17) is 10.5 Å². The molecule has 28 heavy (non-hydrogen) atoms. The van der Waals surface area contributed by atoms with Crippen molar-refractivity contribution in [2.45, 2.75) is 24.9 Å². The second-order valence-electron chi connectivity index (χ2n) is 7.82. The van der Waals surface area contributed by atoms with Gasteiger partial charge in [-0.1, -0.05) is 24.3 Å². The van der Waals surface area contributed by atoms with Gasteiger partial charge in [0.25, 0.3) is 0 Å². The summed E-state index contributed by atoms with van der Waals surface area (Å²) in [4.78, 5) is 16.8. The van der Waals surface area contributed by atoms with Gasteiger partial charge in [-0.3, -0.25) is 9.78 Å². The zero-order valence-electron chi connectivity index (χ0n) is 15.7. The summed E-state index contributed by atoms with van der Waals surface area (Å²) in [6.07, 6.45) is 4.12. The lowest BCUT2D eigenvalue weighted by Gasteiger charge is -2.46. The predicted molar refractivity (Wildman–Crippen MR) is 109 cm³/mol. The first kappa shape index (κ1) is 17.2. The molecule has 0 aliphatic carbocycles. The summed E-state index contributed by atoms with van der Waals surface area (Å²) < 4.78 is 6.44. The molecule has 1 saturated heterocycles. The minimum atomic E-state index is -0.476. The molecule has 5 heteroatoms. The average molecular weight is 373 g/mol. The number of ether oxygens (including phenoxy) is 1. The Hall–Kier alpha value is -2.92. The number of rotatable bonds is 2. The van der Waals surface area contributed by atoms with Crippen LogP contribution in [0.15, 0.2) is 54.7 Å². The van der Waals surface area contributed by atoms with Crippen LogP contribution in [0.4, 0.5) is 0 Å². The molecule has 5 nitrogen and oxygen atoms in total. The van der Waals surface area contributed by atoms with Gasteiger partial charge in [-0.2, -0.15) is 0 Å². The van der Waals surface area contributed by atoms with Crippen LogP contribution in [-0.2, 0) is 11.2 Å². The summed E-state index contributed by atoms with van der Waals surface area (Å²) in [5, 5.41) is 4.45. The zero-order valence-corrected chi connectivity index (χ0v) is 15.7. The molecule has 0 radical (unpaired) electrons. The molecule has 3 heterocycles. The number of para-hydroxylation sites is 1. The number of amides is 1. The molecule has 1 amide bonds. The number of nitrogens with zero attached hydrogens (tertiary/aromatic N) is 1. The standard InChI is InChI=1S/C23H23N3O2/c24-22(27)19-13-17-11-15(18-12-16-3-1-2-4-20(16)26-14-18)5-6-21(17)28-23(19)7-9-25-10-8-23/h1-6,11-12,14,19,25H,7-10,13H2,(H2,24,27). The maximum Gasteiger partial charge on any atom is 0.224 e. The number of carbonyl (C=O) groups is 1. The maximum atomic E-state index is 12.3. The van der Waals surface area contributed by atoms with Crippen molar-refractivity contribution in [2.24, 2.45) is 11.7 Å². The number of aromatic nitrogens is 1. The van der Waals surface area contributed by atoms with E-state index in [-0.39, 0.29) is 11.8 Å². The monoisotopic (exact) mass is 373 g/mol. The fraction of sp³-hybridized carbons (Fsp3) is 0.304. The summed E-state index contributed by atoms with van der Waals surface area (Å²) >= 11 is 0. The minimum Gasteiger partial charge on any atom is -0.486 e. The normalized spacial score (nSPS) is 20.5. The van der Waals surface area contributed by atoms with Crippen LogP contribution in [0.1, 0.15) is 18.4 Å². The fourth-order valence-electron chi connectivity index (χ4n) is 4.60. The lowest BCUT2D eigenvalue weighted by Crippen LogP contribution is -2.57. The fourth-order valence-corrected chi connectivity index (χ4v) is 4.60. The van der Waals surface area contributed by atoms with Gasteiger partial charge in [0.05, 0.1) is 11.4 Å². The molecule has 2 aliphatic heterocycles. The van der Waals surface area contributed by atoms with Crippen LogP contribution in [0, 0.1) is 5.92 Å². The van der Waals surface area contributed by atoms with Crippen molar-refractivity contribution >= 4 is 16.8 Å². The number of fused-ring (bicyclic) bond motifs is 2. The number of pyridine rings is 1. The van der Waals surface area contributed by atoms with Crippen LogP contribution >= 0.6 is 0 Å². The van der Waals surface area contributed by atoms with E-state index in [0.717, 1.165) is 59.3 Å². The lowest BCUT2D eigenvalue weighted by atomic mass is 9.74. The molecule has 1 aromatic heterocycles. The van der Waals surface area contributed by atoms with Crippen LogP contribution in [-0.4, -0.2) is 29.6 Å². The van der Waals surface area contributed by atoms with Crippen molar-refractivity contribution < 1.29 is 9.53 Å². The van der Waals surface area contributed by atoms with Gasteiger partial charge in [0.15, 0.2) is 0 Å². The van der Waals surface area contributed by atoms with Gasteiger partial charge in [0.1, 0.15) is 11.4 Å². The predicted octanol–water partition coefficient (Wildman–Crippen LogP) is 3.06. The Kier molecular flexibility index (Phi) is 4.05. The van der Waals surface area contributed by atoms with Crippen LogP contribution in [0.25, 0.3) is 22.0 Å². The summed E-state index contributed by atoms with van der Waals surface area (Å²) in [7, 11) is 0. The SMILES string of the molecule is NC(=O)C1Cc2cc(-c3cnc4ccccc4c3)ccc2OC12CCNCC2. The molecule has 2 aromatic carbocycles. The van der Waals surface area contributed by atoms with Gasteiger partial charge in [-0.15, -0.1) is 0 Å². The Bertz CT molecular complexity index is 1060. The van der Waals surface area contributed by atoms with E-state index in [1.807, 2.05) is 30.5 Å². The molecule has 1 unspecified atom stereocenters. The van der Waals surface area contributed by atoms with Crippen molar-refractivity contribution in [1.29, 1.82) is 0 Å². The molecule has 0 bridgehead atoms. The van der Waals surface area contributed by atoms with Crippen molar-refractivity contribution in [3.63, 3.8) is 0 Å². The first-order chi connectivity index (χ1) is 13.6. The third-order valence-electron chi connectivity index (χ3n) is 6.15. The maximum absolute atomic E-state index is 12.3. The molecule has 3 aromatic rings. The highest BCUT2D eigenvalue weighted by Crippen LogP contribution is 2.43. The van der Waals surface area contributed by atoms with Crippen molar-refractivity contribution in [2.75, 3.05) is 13.1 Å². The Balaban J connectivity index is 1.53. The molecular formula is C23H23N3O2. The zero-order chi connectivity index (χ0) is 19.1. The highest BCUT2D eigenvalue weighted by atomic mass is 16.5. The van der Waals surface area contributed by atoms with E-state index in [9.17, 15) is 4.79 Å². The summed E-state index contributed by atoms with van der Waals surface area (Å²) in [6, 6.07) is 16.5. The number of nitrogens with two attached hydrogens (primary N) is 1. The first-order valence-electron chi connectivity index (χ1n) is 9.82. The molecule has 0 saturated carbocycles. The number of carbonyl (C=O) groups excluding carboxylic acids is 1. The molecule has 3 N–H and O–H groups in total. The second-order valence-corrected chi connectivity index (χ2v) is 7.82. The number of hydrogen-bond donors (Lipinski definition) is 2. The molecule has 5 rings (SSSR count). The lowest BCUT2D eigenvalue weighted by molar-refractivity contribution is -0.132. The third-order valence-corrected chi connectivity index (χ3v) is 6.15. The van der Waals surface area contributed by atoms with Gasteiger partial charge >= 0.3 is 0 Å². The second kappa shape index (κ2) is 6.60. The number of piperidine rings is 1. The summed E-state index contributed by atoms with van der Waals surface area (Å²) in [5.41, 5.74) is 9.47. The van der Waals surface area contributed by atoms with Crippen molar-refractivity contribution in [3.8, 4) is 16.9 Å². The topological polar surface area (TPSA) is 77.2 Å². The largest absolute Gasteiger partial charge is 0.486 e. The third kappa shape index (κ3) is 2.83. The Morgan fingerprint density at radius 3 is 2.75 bits per heavy atom. The van der Waals surface area contributed by atoms with Gasteiger partial charge < -0.3 is 15.8 Å². The van der Waals surface area contributed by atoms with Crippen molar-refractivity contribution in [1.82, 2.24) is 10.3 Å². The molecule has 1 fully saturated rings. The van der Waals surface area contributed by atoms with Crippen LogP contribution in [0.5, 0.6) is 5.75 Å². The van der Waals surface area contributed by atoms with E-state index < -0.39 is 5.60 Å². The Morgan fingerprint density at radius 2 is 1.93 bits per heavy atom. The first-order valence-corrected chi connectivity index (χ1v) is 9.82. The average Bonchev–Trinajstić information content (AvgIpc) is 2.73. The number of primary amides is 1. The van der Waals surface area contributed by atoms with Crippen molar-refractivity contribution in [3.05, 3.63) is 60.3 Å². The smallest absolute Gasteiger partial charge is 0.224 e. The highest BCUT2D eigenvalue weighted by molar-refractivity contribution is 5.84. The van der Waals surface area contributed by atoms with Gasteiger partial charge in [-0.25, -0.2) is 0 Å². The minimum absolute atomic E-state index is 0.273. The van der Waals surface area contributed by atoms with E-state index in [1.165, 1.54) is 0 Å². The number of benzene rings is 2. The molecule has 2 aliphatic rings. The van der Waals surface area contributed by atoms with Crippen LogP contribution < -0.4 is 15.8 Å². The van der Waals surface area contributed by atoms with E-state index >= 15 is 0 Å². The van der Waals surface area contributed by atoms with E-state index in [0.29, 0.717) is 6.42 Å². The highest BCUT2D eigenvalue weighted by Gasteiger charge is 2.48. The Morgan fingerprint density at radius 1 is 1.11 bits per heavy atom.